The number of halogens is 2. The SMILES string of the molecule is NC(CS(=O)c1cc(F)ccc1F)C1CCCC1. The van der Waals surface area contributed by atoms with E-state index in [1.54, 1.807) is 0 Å². The molecule has 1 aliphatic rings. The molecule has 2 nitrogen and oxygen atoms in total. The van der Waals surface area contributed by atoms with Gasteiger partial charge in [-0.05, 0) is 37.0 Å². The summed E-state index contributed by atoms with van der Waals surface area (Å²) in [5.41, 5.74) is 6.00. The van der Waals surface area contributed by atoms with Gasteiger partial charge in [-0.2, -0.15) is 0 Å². The highest BCUT2D eigenvalue weighted by molar-refractivity contribution is 7.85. The van der Waals surface area contributed by atoms with Crippen LogP contribution in [0.25, 0.3) is 0 Å². The van der Waals surface area contributed by atoms with Gasteiger partial charge < -0.3 is 5.73 Å². The molecule has 0 bridgehead atoms. The molecule has 18 heavy (non-hydrogen) atoms. The predicted octanol–water partition coefficient (Wildman–Crippen LogP) is 2.59. The molecule has 0 saturated heterocycles. The highest BCUT2D eigenvalue weighted by Gasteiger charge is 2.24. The molecular weight excluding hydrogens is 256 g/mol. The maximum atomic E-state index is 13.4. The van der Waals surface area contributed by atoms with Crippen molar-refractivity contribution in [1.82, 2.24) is 0 Å². The Balaban J connectivity index is 2.04. The van der Waals surface area contributed by atoms with E-state index in [-0.39, 0.29) is 16.7 Å². The Morgan fingerprint density at radius 2 is 2.00 bits per heavy atom. The third-order valence-electron chi connectivity index (χ3n) is 3.49. The maximum absolute atomic E-state index is 13.4. The molecule has 1 aromatic carbocycles. The third-order valence-corrected chi connectivity index (χ3v) is 4.98. The quantitative estimate of drug-likeness (QED) is 0.916. The Morgan fingerprint density at radius 3 is 2.67 bits per heavy atom. The summed E-state index contributed by atoms with van der Waals surface area (Å²) in [6, 6.07) is 2.82. The zero-order valence-electron chi connectivity index (χ0n) is 10.1. The van der Waals surface area contributed by atoms with Crippen molar-refractivity contribution in [3.63, 3.8) is 0 Å². The smallest absolute Gasteiger partial charge is 0.139 e. The van der Waals surface area contributed by atoms with Crippen LogP contribution in [0, 0.1) is 17.6 Å². The van der Waals surface area contributed by atoms with Gasteiger partial charge in [0.2, 0.25) is 0 Å². The highest BCUT2D eigenvalue weighted by Crippen LogP contribution is 2.28. The Morgan fingerprint density at radius 1 is 1.33 bits per heavy atom. The number of hydrogen-bond donors (Lipinski definition) is 1. The molecular formula is C13H17F2NOS. The number of benzene rings is 1. The fraction of sp³-hybridized carbons (Fsp3) is 0.538. The minimum Gasteiger partial charge on any atom is -0.327 e. The summed E-state index contributed by atoms with van der Waals surface area (Å²) >= 11 is 0. The van der Waals surface area contributed by atoms with Crippen LogP contribution in [-0.4, -0.2) is 16.0 Å². The van der Waals surface area contributed by atoms with E-state index in [4.69, 9.17) is 5.73 Å². The van der Waals surface area contributed by atoms with Crippen LogP contribution < -0.4 is 5.73 Å². The van der Waals surface area contributed by atoms with E-state index in [1.165, 1.54) is 0 Å². The largest absolute Gasteiger partial charge is 0.327 e. The second kappa shape index (κ2) is 5.89. The van der Waals surface area contributed by atoms with Gasteiger partial charge in [0.1, 0.15) is 11.6 Å². The van der Waals surface area contributed by atoms with Crippen molar-refractivity contribution in [2.24, 2.45) is 11.7 Å². The standard InChI is InChI=1S/C13H17F2NOS/c14-10-5-6-11(15)13(7-10)18(17)8-12(16)9-3-1-2-4-9/h5-7,9,12H,1-4,8,16H2. The topological polar surface area (TPSA) is 43.1 Å². The minimum absolute atomic E-state index is 0.0801. The van der Waals surface area contributed by atoms with Crippen LogP contribution in [0.5, 0.6) is 0 Å². The van der Waals surface area contributed by atoms with E-state index in [9.17, 15) is 13.0 Å². The summed E-state index contributed by atoms with van der Waals surface area (Å²) in [6.07, 6.45) is 4.40. The van der Waals surface area contributed by atoms with Crippen LogP contribution in [0.1, 0.15) is 25.7 Å². The van der Waals surface area contributed by atoms with Crippen molar-refractivity contribution in [3.05, 3.63) is 29.8 Å². The predicted molar refractivity (Wildman–Crippen MR) is 67.6 cm³/mol. The molecule has 0 heterocycles. The maximum Gasteiger partial charge on any atom is 0.139 e. The summed E-state index contributed by atoms with van der Waals surface area (Å²) in [6.45, 7) is 0. The Hall–Kier alpha value is -0.810. The van der Waals surface area contributed by atoms with Crippen molar-refractivity contribution in [2.45, 2.75) is 36.6 Å². The number of hydrogen-bond acceptors (Lipinski definition) is 2. The molecule has 0 aromatic heterocycles. The fourth-order valence-electron chi connectivity index (χ4n) is 2.44. The number of nitrogens with two attached hydrogens (primary N) is 1. The lowest BCUT2D eigenvalue weighted by atomic mass is 10.0. The number of rotatable bonds is 4. The molecule has 2 unspecified atom stereocenters. The van der Waals surface area contributed by atoms with E-state index in [0.717, 1.165) is 43.9 Å². The van der Waals surface area contributed by atoms with E-state index in [0.29, 0.717) is 5.92 Å². The van der Waals surface area contributed by atoms with Gasteiger partial charge in [0, 0.05) is 11.8 Å². The molecule has 1 saturated carbocycles. The van der Waals surface area contributed by atoms with Crippen molar-refractivity contribution in [3.8, 4) is 0 Å². The minimum atomic E-state index is -1.57. The first-order chi connectivity index (χ1) is 8.58. The summed E-state index contributed by atoms with van der Waals surface area (Å²) in [4.78, 5) is -0.0801. The van der Waals surface area contributed by atoms with Crippen molar-refractivity contribution >= 4 is 10.8 Å². The molecule has 0 radical (unpaired) electrons. The molecule has 5 heteroatoms. The fourth-order valence-corrected chi connectivity index (χ4v) is 3.77. The van der Waals surface area contributed by atoms with E-state index >= 15 is 0 Å². The van der Waals surface area contributed by atoms with Gasteiger partial charge in [-0.15, -0.1) is 0 Å². The third kappa shape index (κ3) is 3.14. The van der Waals surface area contributed by atoms with Crippen LogP contribution >= 0.6 is 0 Å². The Labute approximate surface area is 108 Å². The van der Waals surface area contributed by atoms with Gasteiger partial charge in [0.25, 0.3) is 0 Å². The lowest BCUT2D eigenvalue weighted by Crippen LogP contribution is -2.34. The summed E-state index contributed by atoms with van der Waals surface area (Å²) in [7, 11) is -1.57. The van der Waals surface area contributed by atoms with Crippen LogP contribution in [0.15, 0.2) is 23.1 Å². The average molecular weight is 273 g/mol. The zero-order valence-corrected chi connectivity index (χ0v) is 10.9. The van der Waals surface area contributed by atoms with E-state index < -0.39 is 22.4 Å². The molecule has 2 rings (SSSR count). The van der Waals surface area contributed by atoms with Crippen LogP contribution in [0.2, 0.25) is 0 Å². The van der Waals surface area contributed by atoms with Gasteiger partial charge in [-0.1, -0.05) is 12.8 Å². The molecule has 0 aliphatic heterocycles. The monoisotopic (exact) mass is 273 g/mol. The molecule has 100 valence electrons. The second-order valence-electron chi connectivity index (χ2n) is 4.80. The highest BCUT2D eigenvalue weighted by atomic mass is 32.2. The first-order valence-electron chi connectivity index (χ1n) is 6.17. The molecule has 2 N–H and O–H groups in total. The molecule has 1 aliphatic carbocycles. The van der Waals surface area contributed by atoms with E-state index in [1.807, 2.05) is 0 Å². The lowest BCUT2D eigenvalue weighted by molar-refractivity contribution is 0.460. The van der Waals surface area contributed by atoms with Crippen LogP contribution in [0.4, 0.5) is 8.78 Å². The van der Waals surface area contributed by atoms with Crippen LogP contribution in [0.3, 0.4) is 0 Å². The summed E-state index contributed by atoms with van der Waals surface area (Å²) in [5, 5.41) is 0. The van der Waals surface area contributed by atoms with Crippen molar-refractivity contribution in [1.29, 1.82) is 0 Å². The van der Waals surface area contributed by atoms with Gasteiger partial charge >= 0.3 is 0 Å². The first-order valence-corrected chi connectivity index (χ1v) is 7.49. The zero-order chi connectivity index (χ0) is 13.1. The Kier molecular flexibility index (Phi) is 4.45. The second-order valence-corrected chi connectivity index (χ2v) is 6.26. The molecule has 1 aromatic rings. The summed E-state index contributed by atoms with van der Waals surface area (Å²) < 4.78 is 38.5. The van der Waals surface area contributed by atoms with Crippen molar-refractivity contribution < 1.29 is 13.0 Å². The first kappa shape index (κ1) is 13.6. The molecule has 0 amide bonds. The summed E-state index contributed by atoms with van der Waals surface area (Å²) in [5.74, 6) is -0.640. The van der Waals surface area contributed by atoms with Crippen LogP contribution in [-0.2, 0) is 10.8 Å². The van der Waals surface area contributed by atoms with Crippen molar-refractivity contribution in [2.75, 3.05) is 5.75 Å². The van der Waals surface area contributed by atoms with Gasteiger partial charge in [-0.25, -0.2) is 8.78 Å². The normalized spacial score (nSPS) is 19.9. The van der Waals surface area contributed by atoms with Gasteiger partial charge in [0.15, 0.2) is 0 Å². The van der Waals surface area contributed by atoms with Gasteiger partial charge in [-0.3, -0.25) is 4.21 Å². The lowest BCUT2D eigenvalue weighted by Gasteiger charge is -2.18. The van der Waals surface area contributed by atoms with E-state index in [2.05, 4.69) is 0 Å². The Bertz CT molecular complexity index is 447. The van der Waals surface area contributed by atoms with Gasteiger partial charge in [0.05, 0.1) is 15.7 Å². The molecule has 2 atom stereocenters. The average Bonchev–Trinajstić information content (AvgIpc) is 2.85. The molecule has 1 fully saturated rings. The molecule has 0 spiro atoms.